The van der Waals surface area contributed by atoms with Crippen LogP contribution in [0.25, 0.3) is 5.69 Å². The lowest BCUT2D eigenvalue weighted by Gasteiger charge is -2.22. The van der Waals surface area contributed by atoms with Gasteiger partial charge in [0.2, 0.25) is 0 Å². The van der Waals surface area contributed by atoms with Crippen LogP contribution in [0.5, 0.6) is 0 Å². The van der Waals surface area contributed by atoms with E-state index >= 15 is 0 Å². The Kier molecular flexibility index (Phi) is 4.05. The molecule has 0 radical (unpaired) electrons. The van der Waals surface area contributed by atoms with Crippen molar-refractivity contribution in [2.45, 2.75) is 33.7 Å². The Labute approximate surface area is 115 Å². The van der Waals surface area contributed by atoms with Gasteiger partial charge < -0.3 is 5.32 Å². The topological polar surface area (TPSA) is 29.9 Å². The second-order valence-corrected chi connectivity index (χ2v) is 6.22. The van der Waals surface area contributed by atoms with Gasteiger partial charge in [-0.25, -0.2) is 4.68 Å². The molecule has 3 nitrogen and oxygen atoms in total. The summed E-state index contributed by atoms with van der Waals surface area (Å²) in [6, 6.07) is 10.5. The van der Waals surface area contributed by atoms with Crippen LogP contribution in [0, 0.1) is 5.41 Å². The van der Waals surface area contributed by atoms with E-state index in [0.29, 0.717) is 11.5 Å². The van der Waals surface area contributed by atoms with Gasteiger partial charge in [0, 0.05) is 24.3 Å². The Morgan fingerprint density at radius 1 is 1.21 bits per heavy atom. The molecule has 0 aliphatic rings. The maximum Gasteiger partial charge on any atom is 0.0645 e. The highest BCUT2D eigenvalue weighted by Gasteiger charge is 2.14. The van der Waals surface area contributed by atoms with Crippen molar-refractivity contribution in [3.05, 3.63) is 48.3 Å². The van der Waals surface area contributed by atoms with Crippen molar-refractivity contribution < 1.29 is 0 Å². The van der Waals surface area contributed by atoms with Gasteiger partial charge in [-0.1, -0.05) is 39.0 Å². The Bertz CT molecular complexity index is 508. The highest BCUT2D eigenvalue weighted by atomic mass is 15.3. The van der Waals surface area contributed by atoms with Crippen LogP contribution in [0.4, 0.5) is 0 Å². The van der Waals surface area contributed by atoms with Crippen LogP contribution in [-0.4, -0.2) is 16.3 Å². The number of hydrogen-bond donors (Lipinski definition) is 1. The maximum absolute atomic E-state index is 4.43. The zero-order chi connectivity index (χ0) is 13.9. The molecule has 0 spiro atoms. The quantitative estimate of drug-likeness (QED) is 0.907. The summed E-state index contributed by atoms with van der Waals surface area (Å²) in [7, 11) is 0. The summed E-state index contributed by atoms with van der Waals surface area (Å²) >= 11 is 0. The lowest BCUT2D eigenvalue weighted by molar-refractivity contribution is 0.359. The lowest BCUT2D eigenvalue weighted by atomic mass is 9.96. The smallest absolute Gasteiger partial charge is 0.0645 e. The normalized spacial score (nSPS) is 13.5. The molecule has 0 bridgehead atoms. The fourth-order valence-corrected chi connectivity index (χ4v) is 1.86. The molecular formula is C16H23N3. The first-order valence-electron chi connectivity index (χ1n) is 6.79. The van der Waals surface area contributed by atoms with Crippen molar-refractivity contribution in [1.29, 1.82) is 0 Å². The van der Waals surface area contributed by atoms with Crippen LogP contribution in [-0.2, 0) is 0 Å². The minimum atomic E-state index is 0.295. The summed E-state index contributed by atoms with van der Waals surface area (Å²) in [4.78, 5) is 0. The third-order valence-corrected chi connectivity index (χ3v) is 3.06. The average molecular weight is 257 g/mol. The van der Waals surface area contributed by atoms with E-state index in [1.54, 1.807) is 0 Å². The monoisotopic (exact) mass is 257 g/mol. The van der Waals surface area contributed by atoms with Gasteiger partial charge in [-0.2, -0.15) is 5.10 Å². The van der Waals surface area contributed by atoms with E-state index in [4.69, 9.17) is 0 Å². The summed E-state index contributed by atoms with van der Waals surface area (Å²) in [6.07, 6.45) is 4.03. The van der Waals surface area contributed by atoms with Crippen molar-refractivity contribution >= 4 is 0 Å². The van der Waals surface area contributed by atoms with Gasteiger partial charge in [0.05, 0.1) is 11.9 Å². The molecule has 1 aromatic carbocycles. The second kappa shape index (κ2) is 5.57. The third kappa shape index (κ3) is 3.93. The number of hydrogen-bond acceptors (Lipinski definition) is 2. The van der Waals surface area contributed by atoms with Crippen molar-refractivity contribution in [2.24, 2.45) is 5.41 Å². The van der Waals surface area contributed by atoms with Gasteiger partial charge in [-0.3, -0.25) is 0 Å². The molecular weight excluding hydrogens is 234 g/mol. The van der Waals surface area contributed by atoms with Gasteiger partial charge in [-0.05, 0) is 24.5 Å². The minimum absolute atomic E-state index is 0.295. The number of rotatable bonds is 4. The summed E-state index contributed by atoms with van der Waals surface area (Å²) < 4.78 is 1.92. The molecule has 3 heteroatoms. The van der Waals surface area contributed by atoms with Crippen molar-refractivity contribution in [1.82, 2.24) is 15.1 Å². The van der Waals surface area contributed by atoms with Crippen LogP contribution in [0.1, 0.15) is 39.3 Å². The molecule has 0 amide bonds. The molecule has 102 valence electrons. The van der Waals surface area contributed by atoms with E-state index < -0.39 is 0 Å². The fourth-order valence-electron chi connectivity index (χ4n) is 1.86. The second-order valence-electron chi connectivity index (χ2n) is 6.22. The van der Waals surface area contributed by atoms with E-state index in [-0.39, 0.29) is 0 Å². The van der Waals surface area contributed by atoms with E-state index in [2.05, 4.69) is 56.4 Å². The molecule has 1 unspecified atom stereocenters. The maximum atomic E-state index is 4.43. The van der Waals surface area contributed by atoms with Gasteiger partial charge in [0.25, 0.3) is 0 Å². The predicted octanol–water partition coefficient (Wildman–Crippen LogP) is 3.57. The molecule has 19 heavy (non-hydrogen) atoms. The zero-order valence-corrected chi connectivity index (χ0v) is 12.2. The Morgan fingerprint density at radius 2 is 1.89 bits per heavy atom. The zero-order valence-electron chi connectivity index (χ0n) is 12.2. The molecule has 0 aliphatic carbocycles. The fraction of sp³-hybridized carbons (Fsp3) is 0.438. The van der Waals surface area contributed by atoms with Crippen LogP contribution in [0.3, 0.4) is 0 Å². The molecule has 0 aliphatic heterocycles. The van der Waals surface area contributed by atoms with Crippen LogP contribution in [0.15, 0.2) is 42.7 Å². The van der Waals surface area contributed by atoms with Crippen LogP contribution in [0.2, 0.25) is 0 Å². The molecule has 1 heterocycles. The van der Waals surface area contributed by atoms with Gasteiger partial charge in [0.1, 0.15) is 0 Å². The van der Waals surface area contributed by atoms with Crippen molar-refractivity contribution in [2.75, 3.05) is 6.54 Å². The molecule has 1 N–H and O–H groups in total. The van der Waals surface area contributed by atoms with Gasteiger partial charge >= 0.3 is 0 Å². The molecule has 1 aromatic heterocycles. The summed E-state index contributed by atoms with van der Waals surface area (Å²) in [5.74, 6) is 0. The molecule has 0 fully saturated rings. The summed E-state index contributed by atoms with van der Waals surface area (Å²) in [5.41, 5.74) is 2.61. The molecule has 0 saturated carbocycles. The Morgan fingerprint density at radius 3 is 2.53 bits per heavy atom. The largest absolute Gasteiger partial charge is 0.310 e. The van der Waals surface area contributed by atoms with E-state index in [9.17, 15) is 0 Å². The highest BCUT2D eigenvalue weighted by Crippen LogP contribution is 2.17. The van der Waals surface area contributed by atoms with E-state index in [1.807, 2.05) is 29.1 Å². The molecule has 1 atom stereocenters. The lowest BCUT2D eigenvalue weighted by Crippen LogP contribution is -2.29. The summed E-state index contributed by atoms with van der Waals surface area (Å²) in [5, 5.41) is 7.98. The van der Waals surface area contributed by atoms with E-state index in [0.717, 1.165) is 12.2 Å². The standard InChI is InChI=1S/C16H23N3/c1-13(17-12-16(2,3)4)14-10-18-19(11-14)15-8-6-5-7-9-15/h5-11,13,17H,12H2,1-4H3. The minimum Gasteiger partial charge on any atom is -0.310 e. The average Bonchev–Trinajstić information content (AvgIpc) is 2.86. The SMILES string of the molecule is CC(NCC(C)(C)C)c1cnn(-c2ccccc2)c1. The van der Waals surface area contributed by atoms with Gasteiger partial charge in [0.15, 0.2) is 0 Å². The Hall–Kier alpha value is -1.61. The first-order chi connectivity index (χ1) is 8.96. The number of nitrogens with zero attached hydrogens (tertiary/aromatic N) is 2. The number of benzene rings is 1. The van der Waals surface area contributed by atoms with Crippen molar-refractivity contribution in [3.8, 4) is 5.69 Å². The first kappa shape index (κ1) is 13.8. The molecule has 2 aromatic rings. The third-order valence-electron chi connectivity index (χ3n) is 3.06. The molecule has 2 rings (SSSR count). The predicted molar refractivity (Wildman–Crippen MR) is 79.4 cm³/mol. The van der Waals surface area contributed by atoms with Crippen molar-refractivity contribution in [3.63, 3.8) is 0 Å². The first-order valence-corrected chi connectivity index (χ1v) is 6.79. The van der Waals surface area contributed by atoms with E-state index in [1.165, 1.54) is 5.56 Å². The highest BCUT2D eigenvalue weighted by molar-refractivity contribution is 5.31. The number of nitrogens with one attached hydrogen (secondary N) is 1. The van der Waals surface area contributed by atoms with Crippen LogP contribution < -0.4 is 5.32 Å². The number of aromatic nitrogens is 2. The van der Waals surface area contributed by atoms with Crippen LogP contribution >= 0.6 is 0 Å². The summed E-state index contributed by atoms with van der Waals surface area (Å²) in [6.45, 7) is 9.88. The Balaban J connectivity index is 2.05. The molecule has 0 saturated heterocycles. The number of para-hydroxylation sites is 1. The van der Waals surface area contributed by atoms with Gasteiger partial charge in [-0.15, -0.1) is 0 Å².